The summed E-state index contributed by atoms with van der Waals surface area (Å²) in [4.78, 5) is 2.39. The Bertz CT molecular complexity index is 961. The van der Waals surface area contributed by atoms with Gasteiger partial charge in [0, 0.05) is 30.6 Å². The van der Waals surface area contributed by atoms with E-state index in [1.54, 1.807) is 12.1 Å². The summed E-state index contributed by atoms with van der Waals surface area (Å²) in [6, 6.07) is 16.5. The second kappa shape index (κ2) is 5.59. The van der Waals surface area contributed by atoms with Crippen molar-refractivity contribution in [2.75, 3.05) is 19.0 Å². The quantitative estimate of drug-likeness (QED) is 0.800. The van der Waals surface area contributed by atoms with Gasteiger partial charge in [-0.05, 0) is 36.4 Å². The summed E-state index contributed by atoms with van der Waals surface area (Å²) in [6.07, 6.45) is 0. The third-order valence-electron chi connectivity index (χ3n) is 3.78. The summed E-state index contributed by atoms with van der Waals surface area (Å²) < 4.78 is 25.9. The average Bonchev–Trinajstić information content (AvgIpc) is 2.54. The predicted octanol–water partition coefficient (Wildman–Crippen LogP) is 3.44. The summed E-state index contributed by atoms with van der Waals surface area (Å²) in [7, 11) is 0.199. The van der Waals surface area contributed by atoms with Gasteiger partial charge in [-0.25, -0.2) is 8.42 Å². The molecule has 23 heavy (non-hydrogen) atoms. The minimum absolute atomic E-state index is 0.0387. The SMILES string of the molecule is CN(C)c1cccc2c(S(=O)(=O)c3ccc(O)cc3)cccc12. The van der Waals surface area contributed by atoms with Crippen molar-refractivity contribution in [3.8, 4) is 5.75 Å². The lowest BCUT2D eigenvalue weighted by Crippen LogP contribution is -2.09. The molecule has 0 fully saturated rings. The van der Waals surface area contributed by atoms with Crippen LogP contribution in [0, 0.1) is 0 Å². The Morgan fingerprint density at radius 2 is 1.43 bits per heavy atom. The standard InChI is InChI=1S/C18H17NO3S/c1-19(2)17-7-3-6-16-15(17)5-4-8-18(16)23(21,22)14-11-9-13(20)10-12-14/h3-12,20H,1-2H3. The molecule has 0 aliphatic carbocycles. The van der Waals surface area contributed by atoms with Gasteiger partial charge in [0.15, 0.2) is 0 Å². The Hall–Kier alpha value is -2.53. The molecule has 0 atom stereocenters. The summed E-state index contributed by atoms with van der Waals surface area (Å²) >= 11 is 0. The summed E-state index contributed by atoms with van der Waals surface area (Å²) in [5.41, 5.74) is 0.963. The van der Waals surface area contributed by atoms with E-state index in [9.17, 15) is 13.5 Å². The minimum atomic E-state index is -3.65. The van der Waals surface area contributed by atoms with Crippen LogP contribution in [0.15, 0.2) is 70.5 Å². The molecule has 0 amide bonds. The number of rotatable bonds is 3. The normalized spacial score (nSPS) is 11.6. The molecule has 0 aromatic heterocycles. The van der Waals surface area contributed by atoms with Gasteiger partial charge in [0.05, 0.1) is 9.79 Å². The van der Waals surface area contributed by atoms with Crippen LogP contribution in [0.3, 0.4) is 0 Å². The first-order valence-corrected chi connectivity index (χ1v) is 8.63. The van der Waals surface area contributed by atoms with Crippen molar-refractivity contribution in [1.82, 2.24) is 0 Å². The third-order valence-corrected chi connectivity index (χ3v) is 5.61. The number of benzene rings is 3. The van der Waals surface area contributed by atoms with Gasteiger partial charge in [-0.1, -0.05) is 24.3 Å². The first-order chi connectivity index (χ1) is 10.9. The number of nitrogens with zero attached hydrogens (tertiary/aromatic N) is 1. The molecule has 3 aromatic carbocycles. The van der Waals surface area contributed by atoms with Gasteiger partial charge in [0.25, 0.3) is 0 Å². The van der Waals surface area contributed by atoms with Gasteiger partial charge in [0.2, 0.25) is 9.84 Å². The van der Waals surface area contributed by atoms with Crippen LogP contribution in [-0.2, 0) is 9.84 Å². The molecule has 0 radical (unpaired) electrons. The first kappa shape index (κ1) is 15.4. The number of sulfone groups is 1. The van der Waals surface area contributed by atoms with Crippen molar-refractivity contribution in [2.24, 2.45) is 0 Å². The lowest BCUT2D eigenvalue weighted by atomic mass is 10.1. The van der Waals surface area contributed by atoms with Gasteiger partial charge >= 0.3 is 0 Å². The van der Waals surface area contributed by atoms with Gasteiger partial charge in [-0.3, -0.25) is 0 Å². The third kappa shape index (κ3) is 2.64. The monoisotopic (exact) mass is 327 g/mol. The molecule has 0 unspecified atom stereocenters. The second-order valence-corrected chi connectivity index (χ2v) is 7.44. The Kier molecular flexibility index (Phi) is 3.74. The van der Waals surface area contributed by atoms with Crippen LogP contribution in [0.2, 0.25) is 0 Å². The fourth-order valence-corrected chi connectivity index (χ4v) is 4.11. The summed E-state index contributed by atoms with van der Waals surface area (Å²) in [6.45, 7) is 0. The Morgan fingerprint density at radius 3 is 2.09 bits per heavy atom. The molecule has 0 spiro atoms. The van der Waals surface area contributed by atoms with Crippen molar-refractivity contribution in [1.29, 1.82) is 0 Å². The molecule has 0 heterocycles. The topological polar surface area (TPSA) is 57.6 Å². The molecule has 3 aromatic rings. The maximum Gasteiger partial charge on any atom is 0.207 e. The van der Waals surface area contributed by atoms with E-state index in [4.69, 9.17) is 0 Å². The highest BCUT2D eigenvalue weighted by atomic mass is 32.2. The zero-order chi connectivity index (χ0) is 16.6. The molecule has 0 saturated heterocycles. The number of phenolic OH excluding ortho intramolecular Hbond substituents is 1. The van der Waals surface area contributed by atoms with Crippen LogP contribution < -0.4 is 4.90 Å². The fourth-order valence-electron chi connectivity index (χ4n) is 2.64. The van der Waals surface area contributed by atoms with E-state index in [1.165, 1.54) is 24.3 Å². The zero-order valence-electron chi connectivity index (χ0n) is 12.9. The molecule has 3 rings (SSSR count). The van der Waals surface area contributed by atoms with Gasteiger partial charge < -0.3 is 10.0 Å². The van der Waals surface area contributed by atoms with Gasteiger partial charge in [0.1, 0.15) is 5.75 Å². The molecule has 118 valence electrons. The Labute approximate surface area is 135 Å². The number of hydrogen-bond donors (Lipinski definition) is 1. The van der Waals surface area contributed by atoms with Crippen molar-refractivity contribution < 1.29 is 13.5 Å². The largest absolute Gasteiger partial charge is 0.508 e. The van der Waals surface area contributed by atoms with Crippen LogP contribution in [-0.4, -0.2) is 27.6 Å². The molecule has 5 heteroatoms. The summed E-state index contributed by atoms with van der Waals surface area (Å²) in [5, 5.41) is 10.9. The smallest absolute Gasteiger partial charge is 0.207 e. The maximum atomic E-state index is 12.9. The van der Waals surface area contributed by atoms with Crippen molar-refractivity contribution in [2.45, 2.75) is 9.79 Å². The lowest BCUT2D eigenvalue weighted by molar-refractivity contribution is 0.475. The number of hydrogen-bond acceptors (Lipinski definition) is 4. The highest BCUT2D eigenvalue weighted by Gasteiger charge is 2.21. The highest BCUT2D eigenvalue weighted by Crippen LogP contribution is 2.33. The second-order valence-electron chi connectivity index (χ2n) is 5.52. The summed E-state index contributed by atoms with van der Waals surface area (Å²) in [5.74, 6) is 0.0387. The predicted molar refractivity (Wildman–Crippen MR) is 91.8 cm³/mol. The van der Waals surface area contributed by atoms with Crippen molar-refractivity contribution in [3.63, 3.8) is 0 Å². The number of anilines is 1. The highest BCUT2D eigenvalue weighted by molar-refractivity contribution is 7.91. The molecule has 1 N–H and O–H groups in total. The maximum absolute atomic E-state index is 12.9. The number of aromatic hydroxyl groups is 1. The average molecular weight is 327 g/mol. The Balaban J connectivity index is 2.28. The van der Waals surface area contributed by atoms with Crippen LogP contribution in [0.5, 0.6) is 5.75 Å². The van der Waals surface area contributed by atoms with Crippen LogP contribution in [0.1, 0.15) is 0 Å². The minimum Gasteiger partial charge on any atom is -0.508 e. The first-order valence-electron chi connectivity index (χ1n) is 7.14. The number of phenols is 1. The van der Waals surface area contributed by atoms with Gasteiger partial charge in [-0.15, -0.1) is 0 Å². The van der Waals surface area contributed by atoms with E-state index in [2.05, 4.69) is 0 Å². The van der Waals surface area contributed by atoms with Crippen molar-refractivity contribution in [3.05, 3.63) is 60.7 Å². The molecule has 0 aliphatic heterocycles. The van der Waals surface area contributed by atoms with Crippen molar-refractivity contribution >= 4 is 26.3 Å². The zero-order valence-corrected chi connectivity index (χ0v) is 13.7. The molecular formula is C18H17NO3S. The number of fused-ring (bicyclic) bond motifs is 1. The van der Waals surface area contributed by atoms with E-state index >= 15 is 0 Å². The van der Waals surface area contributed by atoms with Crippen LogP contribution in [0.25, 0.3) is 10.8 Å². The molecule has 0 bridgehead atoms. The Morgan fingerprint density at radius 1 is 0.826 bits per heavy atom. The van der Waals surface area contributed by atoms with E-state index in [0.29, 0.717) is 5.39 Å². The molecule has 4 nitrogen and oxygen atoms in total. The van der Waals surface area contributed by atoms with E-state index in [0.717, 1.165) is 11.1 Å². The van der Waals surface area contributed by atoms with E-state index in [-0.39, 0.29) is 15.5 Å². The molecular weight excluding hydrogens is 310 g/mol. The van der Waals surface area contributed by atoms with Crippen LogP contribution in [0.4, 0.5) is 5.69 Å². The molecule has 0 saturated carbocycles. The van der Waals surface area contributed by atoms with E-state index in [1.807, 2.05) is 43.3 Å². The fraction of sp³-hybridized carbons (Fsp3) is 0.111. The van der Waals surface area contributed by atoms with Crippen LogP contribution >= 0.6 is 0 Å². The van der Waals surface area contributed by atoms with E-state index < -0.39 is 9.84 Å². The lowest BCUT2D eigenvalue weighted by Gasteiger charge is -2.17. The van der Waals surface area contributed by atoms with Gasteiger partial charge in [-0.2, -0.15) is 0 Å². The molecule has 0 aliphatic rings.